The van der Waals surface area contributed by atoms with Crippen molar-refractivity contribution in [3.63, 3.8) is 0 Å². The van der Waals surface area contributed by atoms with Gasteiger partial charge in [-0.3, -0.25) is 24.6 Å². The molecule has 0 aliphatic carbocycles. The first-order valence-electron chi connectivity index (χ1n) is 9.21. The Bertz CT molecular complexity index is 1110. The summed E-state index contributed by atoms with van der Waals surface area (Å²) in [7, 11) is 2.80. The molecule has 2 aromatic carbocycles. The van der Waals surface area contributed by atoms with E-state index in [1.165, 1.54) is 57.5 Å². The van der Waals surface area contributed by atoms with Crippen molar-refractivity contribution < 1.29 is 28.8 Å². The molecule has 1 atom stereocenters. The third-order valence-electron chi connectivity index (χ3n) is 4.98. The summed E-state index contributed by atoms with van der Waals surface area (Å²) in [5.74, 6) is -0.781. The molecule has 32 heavy (non-hydrogen) atoms. The average molecular weight is 463 g/mol. The number of imide groups is 1. The molecule has 1 heterocycles. The molecule has 0 radical (unpaired) electrons. The number of rotatable bonds is 7. The molecule has 168 valence electrons. The molecule has 3 rings (SSSR count). The van der Waals surface area contributed by atoms with Gasteiger partial charge in [0.15, 0.2) is 0 Å². The zero-order valence-corrected chi connectivity index (χ0v) is 18.1. The van der Waals surface area contributed by atoms with E-state index in [9.17, 15) is 24.5 Å². The van der Waals surface area contributed by atoms with Crippen LogP contribution in [0, 0.1) is 10.1 Å². The summed E-state index contributed by atoms with van der Waals surface area (Å²) in [5.41, 5.74) is -1.05. The van der Waals surface area contributed by atoms with Crippen molar-refractivity contribution in [3.05, 3.63) is 57.1 Å². The van der Waals surface area contributed by atoms with Crippen LogP contribution in [0.25, 0.3) is 0 Å². The van der Waals surface area contributed by atoms with Crippen LogP contribution < -0.4 is 20.1 Å². The molecule has 4 amide bonds. The number of hydrogen-bond acceptors (Lipinski definition) is 7. The van der Waals surface area contributed by atoms with E-state index in [1.807, 2.05) is 0 Å². The van der Waals surface area contributed by atoms with E-state index in [0.717, 1.165) is 4.90 Å². The summed E-state index contributed by atoms with van der Waals surface area (Å²) >= 11 is 6.05. The molecule has 1 saturated heterocycles. The van der Waals surface area contributed by atoms with Crippen molar-refractivity contribution >= 4 is 40.8 Å². The first kappa shape index (κ1) is 22.8. The van der Waals surface area contributed by atoms with Crippen LogP contribution in [-0.2, 0) is 15.1 Å². The minimum Gasteiger partial charge on any atom is -0.495 e. The molecule has 12 heteroatoms. The fraction of sp³-hybridized carbons (Fsp3) is 0.250. The van der Waals surface area contributed by atoms with E-state index in [0.29, 0.717) is 11.3 Å². The fourth-order valence-corrected chi connectivity index (χ4v) is 3.47. The Morgan fingerprint density at radius 3 is 2.38 bits per heavy atom. The minimum absolute atomic E-state index is 0.155. The maximum Gasteiger partial charge on any atom is 0.325 e. The molecule has 11 nitrogen and oxygen atoms in total. The number of benzene rings is 2. The standard InChI is InChI=1S/C20H19ClN4O7/c1-20(11-4-6-12(7-5-11)25(29)30)18(27)24(19(28)23-20)10-17(26)22-14-9-15(31-2)13(21)8-16(14)32-3/h4-9H,10H2,1-3H3,(H,22,26)(H,23,28). The molecular formula is C20H19ClN4O7. The lowest BCUT2D eigenvalue weighted by molar-refractivity contribution is -0.384. The number of carbonyl (C=O) groups is 3. The Hall–Kier alpha value is -3.86. The molecule has 0 saturated carbocycles. The predicted molar refractivity (Wildman–Crippen MR) is 114 cm³/mol. The van der Waals surface area contributed by atoms with Crippen LogP contribution in [0.5, 0.6) is 11.5 Å². The number of nitro benzene ring substituents is 1. The van der Waals surface area contributed by atoms with Crippen LogP contribution in [0.4, 0.5) is 16.2 Å². The second-order valence-corrected chi connectivity index (χ2v) is 7.39. The molecule has 0 bridgehead atoms. The predicted octanol–water partition coefficient (Wildman–Crippen LogP) is 2.67. The van der Waals surface area contributed by atoms with Crippen molar-refractivity contribution in [2.45, 2.75) is 12.5 Å². The number of halogens is 1. The summed E-state index contributed by atoms with van der Waals surface area (Å²) in [4.78, 5) is 49.1. The summed E-state index contributed by atoms with van der Waals surface area (Å²) < 4.78 is 10.3. The molecule has 1 aliphatic rings. The van der Waals surface area contributed by atoms with Crippen LogP contribution in [0.1, 0.15) is 12.5 Å². The van der Waals surface area contributed by atoms with Gasteiger partial charge in [-0.15, -0.1) is 0 Å². The Morgan fingerprint density at radius 2 is 1.81 bits per heavy atom. The van der Waals surface area contributed by atoms with E-state index in [2.05, 4.69) is 10.6 Å². The van der Waals surface area contributed by atoms with Gasteiger partial charge in [-0.2, -0.15) is 0 Å². The number of hydrogen-bond donors (Lipinski definition) is 2. The van der Waals surface area contributed by atoms with Gasteiger partial charge in [0.1, 0.15) is 23.6 Å². The van der Waals surface area contributed by atoms with Gasteiger partial charge in [0.05, 0.1) is 29.9 Å². The van der Waals surface area contributed by atoms with Crippen molar-refractivity contribution in [1.82, 2.24) is 10.2 Å². The Balaban J connectivity index is 1.78. The number of anilines is 1. The summed E-state index contributed by atoms with van der Waals surface area (Å²) in [6.07, 6.45) is 0. The number of non-ortho nitro benzene ring substituents is 1. The lowest BCUT2D eigenvalue weighted by atomic mass is 9.92. The van der Waals surface area contributed by atoms with Gasteiger partial charge in [0, 0.05) is 24.3 Å². The Labute approximate surface area is 187 Å². The molecule has 2 aromatic rings. The summed E-state index contributed by atoms with van der Waals surface area (Å²) in [5, 5.41) is 16.2. The number of amides is 4. The van der Waals surface area contributed by atoms with Crippen LogP contribution in [0.15, 0.2) is 36.4 Å². The molecular weight excluding hydrogens is 444 g/mol. The quantitative estimate of drug-likeness (QED) is 0.366. The minimum atomic E-state index is -1.48. The zero-order valence-electron chi connectivity index (χ0n) is 17.3. The zero-order chi connectivity index (χ0) is 23.6. The van der Waals surface area contributed by atoms with E-state index in [4.69, 9.17) is 21.1 Å². The topological polar surface area (TPSA) is 140 Å². The maximum absolute atomic E-state index is 13.0. The number of methoxy groups -OCH3 is 2. The van der Waals surface area contributed by atoms with Gasteiger partial charge >= 0.3 is 6.03 Å². The molecule has 1 unspecified atom stereocenters. The number of nitrogens with zero attached hydrogens (tertiary/aromatic N) is 2. The third kappa shape index (κ3) is 4.14. The smallest absolute Gasteiger partial charge is 0.325 e. The van der Waals surface area contributed by atoms with E-state index in [1.54, 1.807) is 0 Å². The van der Waals surface area contributed by atoms with Gasteiger partial charge < -0.3 is 20.1 Å². The van der Waals surface area contributed by atoms with Crippen LogP contribution in [0.2, 0.25) is 5.02 Å². The van der Waals surface area contributed by atoms with Gasteiger partial charge in [-0.05, 0) is 24.6 Å². The summed E-state index contributed by atoms with van der Waals surface area (Å²) in [6.45, 7) is 0.890. The number of nitrogens with one attached hydrogen (secondary N) is 2. The third-order valence-corrected chi connectivity index (χ3v) is 5.28. The SMILES string of the molecule is COc1cc(NC(=O)CN2C(=O)NC(C)(c3ccc([N+](=O)[O-])cc3)C2=O)c(OC)cc1Cl. The molecule has 0 spiro atoms. The van der Waals surface area contributed by atoms with Crippen LogP contribution in [-0.4, -0.2) is 48.4 Å². The highest BCUT2D eigenvalue weighted by Gasteiger charge is 2.49. The van der Waals surface area contributed by atoms with Crippen molar-refractivity contribution in [2.75, 3.05) is 26.1 Å². The van der Waals surface area contributed by atoms with E-state index in [-0.39, 0.29) is 22.1 Å². The van der Waals surface area contributed by atoms with Crippen molar-refractivity contribution in [2.24, 2.45) is 0 Å². The second kappa shape index (κ2) is 8.71. The number of urea groups is 1. The Kier molecular flexibility index (Phi) is 6.21. The van der Waals surface area contributed by atoms with Crippen LogP contribution >= 0.6 is 11.6 Å². The average Bonchev–Trinajstić information content (AvgIpc) is 2.98. The highest BCUT2D eigenvalue weighted by atomic mass is 35.5. The molecule has 2 N–H and O–H groups in total. The Morgan fingerprint density at radius 1 is 1.19 bits per heavy atom. The molecule has 0 aromatic heterocycles. The number of carbonyl (C=O) groups excluding carboxylic acids is 3. The van der Waals surface area contributed by atoms with Gasteiger partial charge in [-0.25, -0.2) is 4.79 Å². The highest BCUT2D eigenvalue weighted by Crippen LogP contribution is 2.36. The van der Waals surface area contributed by atoms with Crippen molar-refractivity contribution in [3.8, 4) is 11.5 Å². The van der Waals surface area contributed by atoms with E-state index < -0.39 is 34.9 Å². The normalized spacial score (nSPS) is 17.7. The highest BCUT2D eigenvalue weighted by molar-refractivity contribution is 6.32. The summed E-state index contributed by atoms with van der Waals surface area (Å²) in [6, 6.07) is 7.36. The first-order valence-corrected chi connectivity index (χ1v) is 9.59. The first-order chi connectivity index (χ1) is 15.1. The number of ether oxygens (including phenoxy) is 2. The molecule has 1 fully saturated rings. The van der Waals surface area contributed by atoms with Crippen molar-refractivity contribution in [1.29, 1.82) is 0 Å². The fourth-order valence-electron chi connectivity index (χ4n) is 3.24. The monoisotopic (exact) mass is 462 g/mol. The van der Waals surface area contributed by atoms with Gasteiger partial charge in [0.25, 0.3) is 11.6 Å². The number of nitro groups is 1. The molecule has 1 aliphatic heterocycles. The second-order valence-electron chi connectivity index (χ2n) is 6.99. The van der Waals surface area contributed by atoms with Crippen LogP contribution in [0.3, 0.4) is 0 Å². The lowest BCUT2D eigenvalue weighted by Crippen LogP contribution is -2.42. The van der Waals surface area contributed by atoms with E-state index >= 15 is 0 Å². The lowest BCUT2D eigenvalue weighted by Gasteiger charge is -2.22. The van der Waals surface area contributed by atoms with Gasteiger partial charge in [0.2, 0.25) is 5.91 Å². The maximum atomic E-state index is 13.0. The van der Waals surface area contributed by atoms with Gasteiger partial charge in [-0.1, -0.05) is 11.6 Å². The largest absolute Gasteiger partial charge is 0.495 e.